The highest BCUT2D eigenvalue weighted by atomic mass is 32.1. The van der Waals surface area contributed by atoms with Crippen molar-refractivity contribution in [3.05, 3.63) is 152 Å². The van der Waals surface area contributed by atoms with Gasteiger partial charge in [-0.1, -0.05) is 66.7 Å². The van der Waals surface area contributed by atoms with Gasteiger partial charge in [0.2, 0.25) is 0 Å². The van der Waals surface area contributed by atoms with Crippen molar-refractivity contribution >= 4 is 33.3 Å². The van der Waals surface area contributed by atoms with E-state index in [1.165, 1.54) is 34.6 Å². The average Bonchev–Trinajstić information content (AvgIpc) is 3.43. The maximum atomic E-state index is 14.6. The van der Waals surface area contributed by atoms with Crippen molar-refractivity contribution in [3.63, 3.8) is 0 Å². The van der Waals surface area contributed by atoms with Gasteiger partial charge in [-0.3, -0.25) is 14.2 Å². The summed E-state index contributed by atoms with van der Waals surface area (Å²) in [7, 11) is 3.27. The number of amides is 2. The van der Waals surface area contributed by atoms with Crippen LogP contribution in [0.3, 0.4) is 0 Å². The van der Waals surface area contributed by atoms with Crippen molar-refractivity contribution < 1.29 is 18.4 Å². The van der Waals surface area contributed by atoms with Crippen LogP contribution in [0.2, 0.25) is 0 Å². The molecule has 2 heterocycles. The number of aromatic nitrogens is 2. The van der Waals surface area contributed by atoms with Gasteiger partial charge in [-0.25, -0.2) is 28.4 Å². The Balaban J connectivity index is 0.000000434. The number of nitrogens with one attached hydrogen (secondary N) is 3. The van der Waals surface area contributed by atoms with Crippen LogP contribution in [0.4, 0.5) is 19.3 Å². The summed E-state index contributed by atoms with van der Waals surface area (Å²) in [6.45, 7) is 2.32. The first-order chi connectivity index (χ1) is 23.2. The predicted molar refractivity (Wildman–Crippen MR) is 186 cm³/mol. The van der Waals surface area contributed by atoms with Crippen LogP contribution in [-0.2, 0) is 17.9 Å². The Bertz CT molecular complexity index is 2130. The highest BCUT2D eigenvalue weighted by molar-refractivity contribution is 7.22. The number of halogens is 2. The minimum absolute atomic E-state index is 0.275. The van der Waals surface area contributed by atoms with E-state index in [0.29, 0.717) is 26.6 Å². The van der Waals surface area contributed by atoms with Crippen LogP contribution in [0.5, 0.6) is 0 Å². The van der Waals surface area contributed by atoms with E-state index in [0.717, 1.165) is 28.8 Å². The molecule has 3 N–H and O–H groups in total. The normalized spacial score (nSPS) is 10.8. The molecule has 48 heavy (non-hydrogen) atoms. The number of carbonyl (C=O) groups excluding carboxylic acids is 1. The topological polar surface area (TPSA) is 106 Å². The van der Waals surface area contributed by atoms with Crippen molar-refractivity contribution in [2.75, 3.05) is 19.5 Å². The molecule has 12 heteroatoms. The molecule has 0 aliphatic carbocycles. The van der Waals surface area contributed by atoms with Gasteiger partial charge in [0, 0.05) is 22.7 Å². The van der Waals surface area contributed by atoms with E-state index < -0.39 is 35.5 Å². The number of anilines is 1. The first-order valence-electron chi connectivity index (χ1n) is 14.9. The molecule has 246 valence electrons. The summed E-state index contributed by atoms with van der Waals surface area (Å²) in [5, 5.41) is 5.97. The first kappa shape index (κ1) is 33.9. The van der Waals surface area contributed by atoms with E-state index in [1.54, 1.807) is 61.5 Å². The lowest BCUT2D eigenvalue weighted by Crippen LogP contribution is -2.39. The van der Waals surface area contributed by atoms with Crippen LogP contribution in [0.25, 0.3) is 26.3 Å². The molecule has 2 aromatic heterocycles. The van der Waals surface area contributed by atoms with Gasteiger partial charge in [-0.15, -0.1) is 11.3 Å². The van der Waals surface area contributed by atoms with Crippen LogP contribution in [-0.4, -0.2) is 29.3 Å². The number of hydrogen-bond acceptors (Lipinski definition) is 6. The lowest BCUT2D eigenvalue weighted by atomic mass is 10.1. The van der Waals surface area contributed by atoms with Gasteiger partial charge < -0.3 is 10.6 Å². The number of thiophene rings is 1. The maximum absolute atomic E-state index is 14.6. The molecule has 0 bridgehead atoms. The largest absolute Gasteiger partial charge is 0.343 e. The number of hydrogen-bond donors (Lipinski definition) is 3. The molecule has 0 radical (unpaired) electrons. The Morgan fingerprint density at radius 1 is 0.854 bits per heavy atom. The summed E-state index contributed by atoms with van der Waals surface area (Å²) in [6, 6.07) is 28.6. The highest BCUT2D eigenvalue weighted by Gasteiger charge is 2.23. The fraction of sp³-hybridized carbons (Fsp3) is 0.139. The quantitative estimate of drug-likeness (QED) is 0.158. The second-order valence-electron chi connectivity index (χ2n) is 10.6. The number of carbonyl (C=O) groups is 1. The van der Waals surface area contributed by atoms with Gasteiger partial charge in [0.1, 0.15) is 16.5 Å². The van der Waals surface area contributed by atoms with Crippen LogP contribution in [0.15, 0.2) is 113 Å². The summed E-state index contributed by atoms with van der Waals surface area (Å²) in [6.07, 6.45) is 0. The van der Waals surface area contributed by atoms with Gasteiger partial charge in [0.25, 0.3) is 5.56 Å². The lowest BCUT2D eigenvalue weighted by molar-refractivity contribution is 0.114. The molecule has 9 nitrogen and oxygen atoms in total. The Morgan fingerprint density at radius 2 is 1.48 bits per heavy atom. The van der Waals surface area contributed by atoms with Crippen LogP contribution < -0.4 is 27.4 Å². The molecule has 6 aromatic rings. The standard InChI is InChI=1S/C28H22F2N4O4S.C8H11N/c1-16-23-25(35)34(19-7-4-3-5-8-19)28(37)33(15-20-21(29)9-6-10-22(20)30)26(23)39-24(16)17-11-13-18(14-12-17)31-27(36)32-38-2;1-9-7-8-5-3-2-4-6-8/h3-14H,15H2,1-2H3,(H2,31,32,36);2-6,9H,7H2,1H3. The van der Waals surface area contributed by atoms with E-state index in [4.69, 9.17) is 0 Å². The minimum Gasteiger partial charge on any atom is -0.316 e. The maximum Gasteiger partial charge on any atom is 0.343 e. The van der Waals surface area contributed by atoms with Crippen molar-refractivity contribution in [1.82, 2.24) is 19.9 Å². The second-order valence-corrected chi connectivity index (χ2v) is 11.6. The number of benzene rings is 4. The SMILES string of the molecule is CNCc1ccccc1.CONC(=O)Nc1ccc(-c2sc3c(c2C)c(=O)n(-c2ccccc2)c(=O)n3Cc2c(F)cccc2F)cc1. The van der Waals surface area contributed by atoms with Crippen molar-refractivity contribution in [3.8, 4) is 16.1 Å². The number of fused-ring (bicyclic) bond motifs is 1. The number of nitrogens with zero attached hydrogens (tertiary/aromatic N) is 2. The van der Waals surface area contributed by atoms with Crippen LogP contribution >= 0.6 is 11.3 Å². The Hall–Kier alpha value is -5.43. The van der Waals surface area contributed by atoms with Crippen molar-refractivity contribution in [1.29, 1.82) is 0 Å². The Morgan fingerprint density at radius 3 is 2.08 bits per heavy atom. The Kier molecular flexibility index (Phi) is 10.9. The molecule has 0 atom stereocenters. The zero-order valence-electron chi connectivity index (χ0n) is 26.4. The zero-order valence-corrected chi connectivity index (χ0v) is 27.2. The molecule has 0 aliphatic rings. The van der Waals surface area contributed by atoms with Crippen LogP contribution in [0.1, 0.15) is 16.7 Å². The Labute approximate surface area is 279 Å². The van der Waals surface area contributed by atoms with Gasteiger partial charge in [0.05, 0.1) is 24.7 Å². The number of rotatable bonds is 8. The molecule has 0 spiro atoms. The summed E-state index contributed by atoms with van der Waals surface area (Å²) in [5.74, 6) is -1.58. The molecule has 2 amide bonds. The molecular weight excluding hydrogens is 636 g/mol. The molecule has 0 fully saturated rings. The molecular formula is C36H33F2N5O4S. The summed E-state index contributed by atoms with van der Waals surface area (Å²) >= 11 is 1.18. The van der Waals surface area contributed by atoms with Gasteiger partial charge in [0.15, 0.2) is 0 Å². The third-order valence-electron chi connectivity index (χ3n) is 7.43. The molecule has 6 rings (SSSR count). The molecule has 0 aliphatic heterocycles. The number of hydroxylamine groups is 1. The fourth-order valence-electron chi connectivity index (χ4n) is 5.16. The first-order valence-corrected chi connectivity index (χ1v) is 15.7. The molecule has 0 saturated heterocycles. The minimum atomic E-state index is -0.790. The summed E-state index contributed by atoms with van der Waals surface area (Å²) in [5.41, 5.74) is 4.17. The second kappa shape index (κ2) is 15.4. The molecule has 0 unspecified atom stereocenters. The zero-order chi connectivity index (χ0) is 34.2. The van der Waals surface area contributed by atoms with Gasteiger partial charge >= 0.3 is 11.7 Å². The highest BCUT2D eigenvalue weighted by Crippen LogP contribution is 2.37. The van der Waals surface area contributed by atoms with Gasteiger partial charge in [-0.05, 0) is 67.1 Å². The van der Waals surface area contributed by atoms with E-state index in [2.05, 4.69) is 33.1 Å². The van der Waals surface area contributed by atoms with E-state index in [9.17, 15) is 23.2 Å². The lowest BCUT2D eigenvalue weighted by Gasteiger charge is -2.13. The third-order valence-corrected chi connectivity index (χ3v) is 8.79. The van der Waals surface area contributed by atoms with E-state index in [1.807, 2.05) is 25.2 Å². The average molecular weight is 670 g/mol. The van der Waals surface area contributed by atoms with Crippen molar-refractivity contribution in [2.24, 2.45) is 0 Å². The monoisotopic (exact) mass is 669 g/mol. The number of aryl methyl sites for hydroxylation is 1. The molecule has 0 saturated carbocycles. The number of para-hydroxylation sites is 1. The van der Waals surface area contributed by atoms with Gasteiger partial charge in [-0.2, -0.15) is 0 Å². The summed E-state index contributed by atoms with van der Waals surface area (Å²) < 4.78 is 31.5. The molecule has 4 aromatic carbocycles. The van der Waals surface area contributed by atoms with E-state index >= 15 is 0 Å². The predicted octanol–water partition coefficient (Wildman–Crippen LogP) is 6.60. The third kappa shape index (κ3) is 7.41. The van der Waals surface area contributed by atoms with E-state index in [-0.39, 0.29) is 10.9 Å². The summed E-state index contributed by atoms with van der Waals surface area (Å²) in [4.78, 5) is 44.8. The fourth-order valence-corrected chi connectivity index (χ4v) is 6.46. The smallest absolute Gasteiger partial charge is 0.316 e. The number of urea groups is 1. The van der Waals surface area contributed by atoms with Crippen molar-refractivity contribution in [2.45, 2.75) is 20.0 Å². The van der Waals surface area contributed by atoms with Crippen LogP contribution in [0, 0.1) is 18.6 Å².